The van der Waals surface area contributed by atoms with Crippen molar-refractivity contribution in [3.8, 4) is 0 Å². The molecule has 160 valence electrons. The van der Waals surface area contributed by atoms with Gasteiger partial charge in [0.25, 0.3) is 0 Å². The summed E-state index contributed by atoms with van der Waals surface area (Å²) in [5.41, 5.74) is 0.659. The van der Waals surface area contributed by atoms with Crippen LogP contribution in [0.15, 0.2) is 53.6 Å². The predicted molar refractivity (Wildman–Crippen MR) is 113 cm³/mol. The Balaban J connectivity index is 1.75. The average molecular weight is 452 g/mol. The van der Waals surface area contributed by atoms with Crippen LogP contribution in [0.2, 0.25) is 0 Å². The molecule has 1 unspecified atom stereocenters. The molecule has 0 bridgehead atoms. The molecule has 0 spiro atoms. The number of thioether (sulfide) groups is 1. The highest BCUT2D eigenvalue weighted by Crippen LogP contribution is 2.19. The summed E-state index contributed by atoms with van der Waals surface area (Å²) >= 11 is 1.63. The summed E-state index contributed by atoms with van der Waals surface area (Å²) in [5, 5.41) is 11.2. The minimum absolute atomic E-state index is 0.0819. The van der Waals surface area contributed by atoms with Gasteiger partial charge in [-0.15, -0.1) is 10.2 Å². The van der Waals surface area contributed by atoms with Gasteiger partial charge in [0.1, 0.15) is 5.82 Å². The average Bonchev–Trinajstić information content (AvgIpc) is 3.15. The molecule has 0 aliphatic heterocycles. The van der Waals surface area contributed by atoms with Crippen molar-refractivity contribution in [2.75, 3.05) is 25.6 Å². The fraction of sp³-hybridized carbons (Fsp3) is 0.316. The van der Waals surface area contributed by atoms with Crippen LogP contribution in [0.4, 0.5) is 4.39 Å². The first-order valence-electron chi connectivity index (χ1n) is 9.13. The molecule has 0 aliphatic rings. The van der Waals surface area contributed by atoms with Crippen molar-refractivity contribution in [2.45, 2.75) is 17.4 Å². The van der Waals surface area contributed by atoms with E-state index in [4.69, 9.17) is 0 Å². The topological polar surface area (TPSA) is 96.7 Å². The van der Waals surface area contributed by atoms with Gasteiger partial charge in [0, 0.05) is 13.2 Å². The number of benzene rings is 1. The van der Waals surface area contributed by atoms with Crippen molar-refractivity contribution in [2.24, 2.45) is 0 Å². The lowest BCUT2D eigenvalue weighted by Crippen LogP contribution is -2.40. The number of carbonyl (C=O) groups is 1. The monoisotopic (exact) mass is 451 g/mol. The van der Waals surface area contributed by atoms with E-state index in [-0.39, 0.29) is 11.4 Å². The van der Waals surface area contributed by atoms with Crippen molar-refractivity contribution in [3.63, 3.8) is 0 Å². The zero-order valence-electron chi connectivity index (χ0n) is 16.5. The Kier molecular flexibility index (Phi) is 7.06. The maximum absolute atomic E-state index is 13.1. The van der Waals surface area contributed by atoms with E-state index in [2.05, 4.69) is 15.5 Å². The summed E-state index contributed by atoms with van der Waals surface area (Å²) in [6, 6.07) is 9.54. The summed E-state index contributed by atoms with van der Waals surface area (Å²) < 4.78 is 41.1. The number of halogens is 1. The number of fused-ring (bicyclic) bond motifs is 1. The molecule has 1 N–H and O–H groups in total. The molecule has 3 rings (SSSR count). The van der Waals surface area contributed by atoms with Crippen LogP contribution >= 0.6 is 11.8 Å². The second-order valence-corrected chi connectivity index (χ2v) is 9.63. The van der Waals surface area contributed by atoms with Gasteiger partial charge >= 0.3 is 0 Å². The summed E-state index contributed by atoms with van der Waals surface area (Å²) in [4.78, 5) is 12.6. The lowest BCUT2D eigenvalue weighted by Gasteiger charge is -2.20. The molecule has 0 saturated heterocycles. The van der Waals surface area contributed by atoms with Crippen molar-refractivity contribution >= 4 is 33.3 Å². The van der Waals surface area contributed by atoms with Crippen LogP contribution in [-0.2, 0) is 14.8 Å². The molecule has 0 saturated carbocycles. The van der Waals surface area contributed by atoms with Gasteiger partial charge in [0.2, 0.25) is 15.9 Å². The molecule has 0 aliphatic carbocycles. The van der Waals surface area contributed by atoms with Crippen molar-refractivity contribution < 1.29 is 17.6 Å². The number of nitrogens with zero attached hydrogens (tertiary/aromatic N) is 4. The van der Waals surface area contributed by atoms with E-state index in [1.807, 2.05) is 30.7 Å². The number of aromatic nitrogens is 3. The number of hydrogen-bond donors (Lipinski definition) is 1. The van der Waals surface area contributed by atoms with Gasteiger partial charge in [-0.2, -0.15) is 16.1 Å². The number of amides is 1. The largest absolute Gasteiger partial charge is 0.345 e. The van der Waals surface area contributed by atoms with Gasteiger partial charge in [-0.25, -0.2) is 12.8 Å². The van der Waals surface area contributed by atoms with E-state index in [0.717, 1.165) is 22.2 Å². The number of sulfonamides is 1. The molecule has 8 nitrogen and oxygen atoms in total. The first-order valence-corrected chi connectivity index (χ1v) is 12.0. The summed E-state index contributed by atoms with van der Waals surface area (Å²) in [6.07, 6.45) is 4.38. The maximum Gasteiger partial charge on any atom is 0.243 e. The van der Waals surface area contributed by atoms with Crippen LogP contribution in [0.1, 0.15) is 18.3 Å². The van der Waals surface area contributed by atoms with Gasteiger partial charge < -0.3 is 5.32 Å². The molecule has 0 fully saturated rings. The van der Waals surface area contributed by atoms with Crippen LogP contribution in [0, 0.1) is 5.82 Å². The Morgan fingerprint density at radius 2 is 1.97 bits per heavy atom. The van der Waals surface area contributed by atoms with Crippen molar-refractivity contribution in [3.05, 3.63) is 60.3 Å². The van der Waals surface area contributed by atoms with E-state index in [1.165, 1.54) is 19.2 Å². The first-order chi connectivity index (χ1) is 14.3. The number of rotatable bonds is 9. The standard InChI is InChI=1S/C19H22FN5O3S2/c1-24(30(27,28)15-8-6-14(20)7-9-15)13-18(26)21-16(10-12-29-2)19-23-22-17-5-3-4-11-25(17)19/h3-9,11,16H,10,12-13H2,1-2H3,(H,21,26). The molecular weight excluding hydrogens is 429 g/mol. The van der Waals surface area contributed by atoms with Crippen LogP contribution in [0.5, 0.6) is 0 Å². The van der Waals surface area contributed by atoms with E-state index in [9.17, 15) is 17.6 Å². The molecule has 1 aromatic carbocycles. The highest BCUT2D eigenvalue weighted by atomic mass is 32.2. The van der Waals surface area contributed by atoms with Gasteiger partial charge in [-0.05, 0) is 54.8 Å². The first kappa shape index (κ1) is 22.2. The number of nitrogens with one attached hydrogen (secondary N) is 1. The zero-order chi connectivity index (χ0) is 21.7. The van der Waals surface area contributed by atoms with E-state index in [0.29, 0.717) is 17.9 Å². The fourth-order valence-corrected chi connectivity index (χ4v) is 4.51. The minimum Gasteiger partial charge on any atom is -0.345 e. The lowest BCUT2D eigenvalue weighted by molar-refractivity contribution is -0.122. The van der Waals surface area contributed by atoms with Gasteiger partial charge in [-0.1, -0.05) is 6.07 Å². The van der Waals surface area contributed by atoms with Gasteiger partial charge in [0.15, 0.2) is 11.5 Å². The Labute approximate surface area is 178 Å². The number of carbonyl (C=O) groups excluding carboxylic acids is 1. The fourth-order valence-electron chi connectivity index (χ4n) is 2.91. The normalized spacial score (nSPS) is 12.9. The highest BCUT2D eigenvalue weighted by Gasteiger charge is 2.25. The zero-order valence-corrected chi connectivity index (χ0v) is 18.2. The molecule has 2 aromatic heterocycles. The third-order valence-electron chi connectivity index (χ3n) is 4.49. The minimum atomic E-state index is -3.92. The number of likely N-dealkylation sites (N-methyl/N-ethyl adjacent to an activating group) is 1. The van der Waals surface area contributed by atoms with E-state index in [1.54, 1.807) is 16.2 Å². The third-order valence-corrected chi connectivity index (χ3v) is 6.95. The summed E-state index contributed by atoms with van der Waals surface area (Å²) in [5.74, 6) is 0.349. The van der Waals surface area contributed by atoms with E-state index >= 15 is 0 Å². The van der Waals surface area contributed by atoms with Crippen molar-refractivity contribution in [1.82, 2.24) is 24.2 Å². The smallest absolute Gasteiger partial charge is 0.243 e. The molecular formula is C19H22FN5O3S2. The second-order valence-electron chi connectivity index (χ2n) is 6.60. The summed E-state index contributed by atoms with van der Waals surface area (Å²) in [6.45, 7) is -0.383. The molecule has 0 radical (unpaired) electrons. The van der Waals surface area contributed by atoms with Gasteiger partial charge in [-0.3, -0.25) is 9.20 Å². The molecule has 1 amide bonds. The molecule has 1 atom stereocenters. The Hall–Kier alpha value is -2.50. The third kappa shape index (κ3) is 4.97. The van der Waals surface area contributed by atoms with Crippen LogP contribution in [0.3, 0.4) is 0 Å². The number of pyridine rings is 1. The number of hydrogen-bond acceptors (Lipinski definition) is 6. The quantitative estimate of drug-likeness (QED) is 0.535. The predicted octanol–water partition coefficient (Wildman–Crippen LogP) is 2.10. The lowest BCUT2D eigenvalue weighted by atomic mass is 10.2. The SMILES string of the molecule is CSCCC(NC(=O)CN(C)S(=O)(=O)c1ccc(F)cc1)c1nnc2ccccn12. The van der Waals surface area contributed by atoms with Gasteiger partial charge in [0.05, 0.1) is 17.5 Å². The molecule has 30 heavy (non-hydrogen) atoms. The second kappa shape index (κ2) is 9.54. The Morgan fingerprint density at radius 3 is 2.67 bits per heavy atom. The maximum atomic E-state index is 13.1. The Bertz CT molecular complexity index is 1120. The Morgan fingerprint density at radius 1 is 1.23 bits per heavy atom. The van der Waals surface area contributed by atoms with Crippen LogP contribution in [-0.4, -0.2) is 58.8 Å². The molecule has 3 aromatic rings. The van der Waals surface area contributed by atoms with Crippen LogP contribution < -0.4 is 5.32 Å². The molecule has 2 heterocycles. The van der Waals surface area contributed by atoms with Crippen LogP contribution in [0.25, 0.3) is 5.65 Å². The molecule has 11 heteroatoms. The van der Waals surface area contributed by atoms with E-state index < -0.39 is 27.8 Å². The highest BCUT2D eigenvalue weighted by molar-refractivity contribution is 7.98. The summed E-state index contributed by atoms with van der Waals surface area (Å²) in [7, 11) is -2.62. The van der Waals surface area contributed by atoms with Crippen molar-refractivity contribution in [1.29, 1.82) is 0 Å².